The van der Waals surface area contributed by atoms with E-state index in [1.807, 2.05) is 43.3 Å². The van der Waals surface area contributed by atoms with Gasteiger partial charge in [0.15, 0.2) is 5.82 Å². The van der Waals surface area contributed by atoms with E-state index in [1.54, 1.807) is 23.5 Å². The van der Waals surface area contributed by atoms with E-state index in [0.29, 0.717) is 51.3 Å². The Labute approximate surface area is 366 Å². The fourth-order valence-electron chi connectivity index (χ4n) is 10.5. The second kappa shape index (κ2) is 16.0. The molecule has 62 heavy (non-hydrogen) atoms. The molecule has 10 rings (SSSR count). The first-order valence-corrected chi connectivity index (χ1v) is 22.8. The van der Waals surface area contributed by atoms with E-state index in [-0.39, 0.29) is 23.3 Å². The molecule has 9 nitrogen and oxygen atoms in total. The maximum Gasteiger partial charge on any atom is 0.162 e. The SMILES string of the molecule is Cc1sc2c(c1C)C(c1ccc(N3CCC(O)(CN4CCN(c5cc(F)c([C@@H]6c7ccc(O)cc7CC[C@@H]6c6ccccc6)c(F)c5)CC4)CC3)cc1)=N[C@@H](C)c1nnc(C)n1-2. The van der Waals surface area contributed by atoms with Crippen molar-refractivity contribution in [3.05, 3.63) is 152 Å². The normalized spacial score (nSPS) is 21.2. The molecule has 12 heteroatoms. The number of halogens is 2. The molecule has 2 saturated heterocycles. The summed E-state index contributed by atoms with van der Waals surface area (Å²) in [6.07, 6.45) is 2.76. The Kier molecular flexibility index (Phi) is 10.5. The lowest BCUT2D eigenvalue weighted by molar-refractivity contribution is -0.0173. The number of anilines is 2. The summed E-state index contributed by atoms with van der Waals surface area (Å²) in [7, 11) is 0. The Morgan fingerprint density at radius 3 is 2.21 bits per heavy atom. The summed E-state index contributed by atoms with van der Waals surface area (Å²) >= 11 is 1.76. The molecule has 0 saturated carbocycles. The molecule has 2 N–H and O–H groups in total. The zero-order valence-electron chi connectivity index (χ0n) is 35.8. The lowest BCUT2D eigenvalue weighted by atomic mass is 9.69. The van der Waals surface area contributed by atoms with Crippen LogP contribution < -0.4 is 9.80 Å². The predicted octanol–water partition coefficient (Wildman–Crippen LogP) is 9.17. The van der Waals surface area contributed by atoms with Gasteiger partial charge in [-0.25, -0.2) is 8.78 Å². The number of rotatable bonds is 7. The van der Waals surface area contributed by atoms with Crippen LogP contribution in [-0.2, 0) is 6.42 Å². The molecule has 5 heterocycles. The minimum absolute atomic E-state index is 0.0881. The molecular weight excluding hydrogens is 801 g/mol. The number of hydrogen-bond donors (Lipinski definition) is 2. The van der Waals surface area contributed by atoms with E-state index in [9.17, 15) is 10.2 Å². The number of phenols is 1. The summed E-state index contributed by atoms with van der Waals surface area (Å²) in [5.41, 5.74) is 8.24. The molecule has 0 spiro atoms. The van der Waals surface area contributed by atoms with Crippen molar-refractivity contribution in [3.63, 3.8) is 0 Å². The van der Waals surface area contributed by atoms with Crippen LogP contribution in [0.4, 0.5) is 20.2 Å². The predicted molar refractivity (Wildman–Crippen MR) is 243 cm³/mol. The Bertz CT molecular complexity index is 2640. The molecular formula is C50H53F2N7O2S. The van der Waals surface area contributed by atoms with Crippen molar-refractivity contribution < 1.29 is 19.0 Å². The van der Waals surface area contributed by atoms with Crippen molar-refractivity contribution in [3.8, 4) is 10.8 Å². The maximum atomic E-state index is 16.4. The van der Waals surface area contributed by atoms with Crippen LogP contribution in [0.3, 0.4) is 0 Å². The van der Waals surface area contributed by atoms with E-state index in [1.165, 1.54) is 22.6 Å². The lowest BCUT2D eigenvalue weighted by Gasteiger charge is -2.44. The fourth-order valence-corrected chi connectivity index (χ4v) is 11.7. The molecule has 2 fully saturated rings. The van der Waals surface area contributed by atoms with Crippen molar-refractivity contribution >= 4 is 28.4 Å². The third-order valence-electron chi connectivity index (χ3n) is 14.0. The summed E-state index contributed by atoms with van der Waals surface area (Å²) in [5.74, 6) is 0.201. The highest BCUT2D eigenvalue weighted by atomic mass is 32.1. The highest BCUT2D eigenvalue weighted by Gasteiger charge is 2.38. The number of aryl methyl sites for hydroxylation is 3. The molecule has 0 amide bonds. The summed E-state index contributed by atoms with van der Waals surface area (Å²) < 4.78 is 34.9. The van der Waals surface area contributed by atoms with Gasteiger partial charge in [0.1, 0.15) is 34.3 Å². The van der Waals surface area contributed by atoms with Gasteiger partial charge in [-0.15, -0.1) is 21.5 Å². The number of aliphatic imine (C=N–C) groups is 1. The van der Waals surface area contributed by atoms with E-state index >= 15 is 8.78 Å². The Morgan fingerprint density at radius 1 is 0.806 bits per heavy atom. The molecule has 320 valence electrons. The highest BCUT2D eigenvalue weighted by molar-refractivity contribution is 7.15. The van der Waals surface area contributed by atoms with E-state index < -0.39 is 23.2 Å². The fraction of sp³-hybridized carbons (Fsp3) is 0.380. The number of piperazine rings is 1. The Hall–Kier alpha value is -5.43. The minimum Gasteiger partial charge on any atom is -0.508 e. The monoisotopic (exact) mass is 853 g/mol. The van der Waals surface area contributed by atoms with Gasteiger partial charge in [0.05, 0.1) is 11.3 Å². The first kappa shape index (κ1) is 40.6. The quantitative estimate of drug-likeness (QED) is 0.166. The number of β-amino-alcohol motifs (C(OH)–C–C–N with tert-alkyl or cyclic N) is 1. The number of phenolic OH excluding ortho intramolecular Hbond substituents is 1. The van der Waals surface area contributed by atoms with Gasteiger partial charge in [-0.05, 0) is 118 Å². The number of piperidine rings is 1. The Balaban J connectivity index is 0.781. The second-order valence-electron chi connectivity index (χ2n) is 17.8. The van der Waals surface area contributed by atoms with Gasteiger partial charge in [-0.1, -0.05) is 48.5 Å². The molecule has 4 aromatic carbocycles. The first-order valence-electron chi connectivity index (χ1n) is 22.0. The van der Waals surface area contributed by atoms with Crippen LogP contribution in [0.25, 0.3) is 5.00 Å². The van der Waals surface area contributed by atoms with Crippen molar-refractivity contribution in [1.29, 1.82) is 0 Å². The van der Waals surface area contributed by atoms with Crippen molar-refractivity contribution in [2.75, 3.05) is 55.6 Å². The van der Waals surface area contributed by atoms with Crippen LogP contribution in [0.15, 0.2) is 89.9 Å². The Morgan fingerprint density at radius 2 is 1.50 bits per heavy atom. The maximum absolute atomic E-state index is 16.4. The topological polar surface area (TPSA) is 93.2 Å². The minimum atomic E-state index is -0.811. The van der Waals surface area contributed by atoms with Crippen LogP contribution in [0.1, 0.15) is 99.5 Å². The van der Waals surface area contributed by atoms with Gasteiger partial charge in [0.25, 0.3) is 0 Å². The smallest absolute Gasteiger partial charge is 0.162 e. The van der Waals surface area contributed by atoms with Gasteiger partial charge in [0.2, 0.25) is 0 Å². The zero-order chi connectivity index (χ0) is 42.9. The number of fused-ring (bicyclic) bond motifs is 4. The van der Waals surface area contributed by atoms with Gasteiger partial charge < -0.3 is 20.0 Å². The van der Waals surface area contributed by atoms with Gasteiger partial charge in [-0.2, -0.15) is 0 Å². The average Bonchev–Trinajstić information content (AvgIpc) is 3.76. The molecule has 1 aliphatic carbocycles. The third kappa shape index (κ3) is 7.29. The van der Waals surface area contributed by atoms with Crippen molar-refractivity contribution in [1.82, 2.24) is 19.7 Å². The molecule has 6 aromatic rings. The molecule has 3 atom stereocenters. The number of hydrogen-bond acceptors (Lipinski definition) is 9. The number of aromatic hydroxyl groups is 1. The van der Waals surface area contributed by atoms with E-state index in [2.05, 4.69) is 74.5 Å². The van der Waals surface area contributed by atoms with Crippen molar-refractivity contribution in [2.24, 2.45) is 4.99 Å². The molecule has 0 radical (unpaired) electrons. The van der Waals surface area contributed by atoms with Gasteiger partial charge >= 0.3 is 0 Å². The van der Waals surface area contributed by atoms with Crippen LogP contribution in [0.2, 0.25) is 0 Å². The number of nitrogens with zero attached hydrogens (tertiary/aromatic N) is 7. The number of aromatic nitrogens is 3. The van der Waals surface area contributed by atoms with E-state index in [4.69, 9.17) is 4.99 Å². The summed E-state index contributed by atoms with van der Waals surface area (Å²) in [5, 5.41) is 32.0. The standard InChI is InChI=1S/C50H53F2N7O2S/c1-30-32(3)62-49-44(30)47(53-31(2)48-55-54-33(4)59(48)49)35-10-13-37(14-11-35)57-20-18-50(61,19-21-57)29-56-22-24-58(25-23-56)38-27-42(51)46(43(52)28-38)45-40(34-8-6-5-7-9-34)16-12-36-26-39(60)15-17-41(36)45/h5-11,13-15,17,26-28,31,40,45,60-61H,12,16,18-25,29H2,1-4H3/t31-,40+,45-/m0/s1. The average molecular weight is 854 g/mol. The lowest BCUT2D eigenvalue weighted by Crippen LogP contribution is -2.55. The molecule has 3 aliphatic heterocycles. The van der Waals surface area contributed by atoms with Crippen LogP contribution in [-0.4, -0.2) is 87.0 Å². The van der Waals surface area contributed by atoms with Gasteiger partial charge in [0, 0.05) is 84.7 Å². The molecule has 2 aromatic heterocycles. The van der Waals surface area contributed by atoms with Crippen LogP contribution >= 0.6 is 11.3 Å². The highest BCUT2D eigenvalue weighted by Crippen LogP contribution is 2.49. The number of benzene rings is 4. The van der Waals surface area contributed by atoms with E-state index in [0.717, 1.165) is 81.8 Å². The zero-order valence-corrected chi connectivity index (χ0v) is 36.6. The summed E-state index contributed by atoms with van der Waals surface area (Å²) in [6.45, 7) is 13.1. The molecule has 0 bridgehead atoms. The molecule has 4 aliphatic rings. The van der Waals surface area contributed by atoms with Crippen LogP contribution in [0, 0.1) is 32.4 Å². The number of aliphatic hydroxyl groups is 1. The second-order valence-corrected chi connectivity index (χ2v) is 19.0. The van der Waals surface area contributed by atoms with Gasteiger partial charge in [-0.3, -0.25) is 14.5 Å². The summed E-state index contributed by atoms with van der Waals surface area (Å²) in [4.78, 5) is 13.2. The largest absolute Gasteiger partial charge is 0.508 e. The third-order valence-corrected chi connectivity index (χ3v) is 15.2. The molecule has 0 unspecified atom stereocenters. The van der Waals surface area contributed by atoms with Crippen LogP contribution in [0.5, 0.6) is 5.75 Å². The number of thiophene rings is 1. The summed E-state index contributed by atoms with van der Waals surface area (Å²) in [6, 6.07) is 26.7. The van der Waals surface area contributed by atoms with Crippen molar-refractivity contribution in [2.45, 2.75) is 76.9 Å². The first-order chi connectivity index (χ1) is 29.9.